The van der Waals surface area contributed by atoms with Crippen LogP contribution in [0.2, 0.25) is 5.02 Å². The predicted molar refractivity (Wildman–Crippen MR) is 75.4 cm³/mol. The summed E-state index contributed by atoms with van der Waals surface area (Å²) in [7, 11) is 0. The molecule has 21 heavy (non-hydrogen) atoms. The molecule has 0 atom stereocenters. The van der Waals surface area contributed by atoms with E-state index in [1.54, 1.807) is 0 Å². The number of urea groups is 1. The number of halogens is 1. The summed E-state index contributed by atoms with van der Waals surface area (Å²) >= 11 is 6.05. The minimum atomic E-state index is -0.585. The van der Waals surface area contributed by atoms with Gasteiger partial charge in [0.2, 0.25) is 5.91 Å². The Hall–Kier alpha value is -2.41. The zero-order chi connectivity index (χ0) is 15.4. The second kappa shape index (κ2) is 6.36. The third-order valence-electron chi connectivity index (χ3n) is 2.90. The van der Waals surface area contributed by atoms with Crippen LogP contribution in [0.25, 0.3) is 0 Å². The second-order valence-corrected chi connectivity index (χ2v) is 4.71. The van der Waals surface area contributed by atoms with Gasteiger partial charge in [0, 0.05) is 18.5 Å². The van der Waals surface area contributed by atoms with E-state index in [9.17, 15) is 19.2 Å². The lowest BCUT2D eigenvalue weighted by Crippen LogP contribution is -2.49. The van der Waals surface area contributed by atoms with E-state index in [1.165, 1.54) is 23.1 Å². The second-order valence-electron chi connectivity index (χ2n) is 4.30. The topological polar surface area (TPSA) is 95.6 Å². The molecule has 1 heterocycles. The maximum atomic E-state index is 11.8. The van der Waals surface area contributed by atoms with Gasteiger partial charge in [-0.2, -0.15) is 0 Å². The minimum absolute atomic E-state index is 0.102. The summed E-state index contributed by atoms with van der Waals surface area (Å²) in [6.07, 6.45) is 0.724. The van der Waals surface area contributed by atoms with Crippen molar-refractivity contribution in [1.82, 2.24) is 10.6 Å². The van der Waals surface area contributed by atoms with E-state index in [2.05, 4.69) is 10.6 Å². The van der Waals surface area contributed by atoms with E-state index < -0.39 is 11.9 Å². The highest BCUT2D eigenvalue weighted by atomic mass is 35.5. The summed E-state index contributed by atoms with van der Waals surface area (Å²) in [6, 6.07) is 3.83. The van der Waals surface area contributed by atoms with Crippen LogP contribution in [-0.2, 0) is 9.59 Å². The molecule has 0 bridgehead atoms. The van der Waals surface area contributed by atoms with E-state index >= 15 is 0 Å². The Morgan fingerprint density at radius 3 is 2.86 bits per heavy atom. The summed E-state index contributed by atoms with van der Waals surface area (Å²) in [5, 5.41) is 4.86. The van der Waals surface area contributed by atoms with Crippen LogP contribution in [0.4, 0.5) is 10.5 Å². The minimum Gasteiger partial charge on any atom is -0.345 e. The number of anilines is 1. The summed E-state index contributed by atoms with van der Waals surface area (Å²) in [6.45, 7) is 0.0826. The molecule has 0 radical (unpaired) electrons. The van der Waals surface area contributed by atoms with Gasteiger partial charge in [0.15, 0.2) is 0 Å². The first-order valence-corrected chi connectivity index (χ1v) is 6.53. The number of aldehydes is 1. The largest absolute Gasteiger partial charge is 0.345 e. The van der Waals surface area contributed by atoms with Crippen LogP contribution in [0.15, 0.2) is 18.2 Å². The average Bonchev–Trinajstić information content (AvgIpc) is 2.46. The first-order valence-electron chi connectivity index (χ1n) is 6.15. The molecule has 0 aliphatic carbocycles. The Balaban J connectivity index is 2.27. The van der Waals surface area contributed by atoms with Crippen molar-refractivity contribution in [3.63, 3.8) is 0 Å². The van der Waals surface area contributed by atoms with Crippen LogP contribution >= 0.6 is 11.6 Å². The Morgan fingerprint density at radius 2 is 2.19 bits per heavy atom. The first-order chi connectivity index (χ1) is 10.0. The predicted octanol–water partition coefficient (Wildman–Crippen LogP) is 0.715. The van der Waals surface area contributed by atoms with Crippen LogP contribution in [0, 0.1) is 0 Å². The number of benzene rings is 1. The molecule has 1 aromatic carbocycles. The van der Waals surface area contributed by atoms with Gasteiger partial charge in [0.1, 0.15) is 6.29 Å². The number of imide groups is 1. The van der Waals surface area contributed by atoms with Crippen LogP contribution in [0.3, 0.4) is 0 Å². The van der Waals surface area contributed by atoms with Gasteiger partial charge in [-0.15, -0.1) is 0 Å². The Morgan fingerprint density at radius 1 is 1.43 bits per heavy atom. The molecule has 0 spiro atoms. The SMILES string of the molecule is O=CCNC(=O)c1ccc(Cl)c(N2CCC(=O)NC2=O)c1. The smallest absolute Gasteiger partial charge is 0.328 e. The molecule has 8 heteroatoms. The molecule has 1 fully saturated rings. The van der Waals surface area contributed by atoms with Gasteiger partial charge >= 0.3 is 6.03 Å². The van der Waals surface area contributed by atoms with Gasteiger partial charge in [-0.05, 0) is 18.2 Å². The van der Waals surface area contributed by atoms with Crippen molar-refractivity contribution in [2.45, 2.75) is 6.42 Å². The summed E-state index contributed by atoms with van der Waals surface area (Å²) < 4.78 is 0. The molecule has 2 N–H and O–H groups in total. The van der Waals surface area contributed by atoms with E-state index in [0.29, 0.717) is 12.0 Å². The number of nitrogens with one attached hydrogen (secondary N) is 2. The third kappa shape index (κ3) is 3.38. The molecule has 0 saturated carbocycles. The number of hydrogen-bond donors (Lipinski definition) is 2. The van der Waals surface area contributed by atoms with Crippen molar-refractivity contribution in [3.8, 4) is 0 Å². The van der Waals surface area contributed by atoms with Gasteiger partial charge in [0.25, 0.3) is 5.91 Å². The average molecular weight is 310 g/mol. The lowest BCUT2D eigenvalue weighted by molar-refractivity contribution is -0.120. The molecule has 110 valence electrons. The van der Waals surface area contributed by atoms with Gasteiger partial charge in [0.05, 0.1) is 17.3 Å². The van der Waals surface area contributed by atoms with Gasteiger partial charge in [-0.25, -0.2) is 4.79 Å². The quantitative estimate of drug-likeness (QED) is 0.801. The fourth-order valence-electron chi connectivity index (χ4n) is 1.89. The van der Waals surface area contributed by atoms with E-state index in [-0.39, 0.29) is 36.0 Å². The van der Waals surface area contributed by atoms with Crippen molar-refractivity contribution in [2.24, 2.45) is 0 Å². The number of hydrogen-bond acceptors (Lipinski definition) is 4. The Bertz CT molecular complexity index is 617. The Kier molecular flexibility index (Phi) is 4.54. The summed E-state index contributed by atoms with van der Waals surface area (Å²) in [5.74, 6) is -0.805. The molecule has 1 aliphatic heterocycles. The molecule has 7 nitrogen and oxygen atoms in total. The lowest BCUT2D eigenvalue weighted by Gasteiger charge is -2.27. The monoisotopic (exact) mass is 309 g/mol. The lowest BCUT2D eigenvalue weighted by atomic mass is 10.1. The molecular weight excluding hydrogens is 298 g/mol. The van der Waals surface area contributed by atoms with Crippen LogP contribution < -0.4 is 15.5 Å². The van der Waals surface area contributed by atoms with Crippen LogP contribution in [0.5, 0.6) is 0 Å². The number of amides is 4. The van der Waals surface area contributed by atoms with E-state index in [1.807, 2.05) is 0 Å². The molecular formula is C13H12ClN3O4. The number of rotatable bonds is 4. The Labute approximate surface area is 125 Å². The molecule has 1 aliphatic rings. The standard InChI is InChI=1S/C13H12ClN3O4/c14-9-2-1-8(12(20)15-4-6-18)7-10(9)17-5-3-11(19)16-13(17)21/h1-2,6-7H,3-5H2,(H,15,20)(H,16,19,21). The normalized spacial score (nSPS) is 14.6. The van der Waals surface area contributed by atoms with Crippen molar-refractivity contribution in [1.29, 1.82) is 0 Å². The van der Waals surface area contributed by atoms with Gasteiger partial charge in [-0.3, -0.25) is 19.8 Å². The molecule has 4 amide bonds. The number of nitrogens with zero attached hydrogens (tertiary/aromatic N) is 1. The highest BCUT2D eigenvalue weighted by Crippen LogP contribution is 2.28. The summed E-state index contributed by atoms with van der Waals surface area (Å²) in [4.78, 5) is 46.3. The summed E-state index contributed by atoms with van der Waals surface area (Å²) in [5.41, 5.74) is 0.598. The van der Waals surface area contributed by atoms with Crippen molar-refractivity contribution < 1.29 is 19.2 Å². The molecule has 0 aromatic heterocycles. The number of carbonyl (C=O) groups is 4. The maximum Gasteiger partial charge on any atom is 0.328 e. The molecule has 2 rings (SSSR count). The zero-order valence-electron chi connectivity index (χ0n) is 10.9. The first kappa shape index (κ1) is 15.0. The van der Waals surface area contributed by atoms with E-state index in [0.717, 1.165) is 0 Å². The maximum absolute atomic E-state index is 11.8. The van der Waals surface area contributed by atoms with Crippen molar-refractivity contribution in [2.75, 3.05) is 18.0 Å². The molecule has 1 saturated heterocycles. The van der Waals surface area contributed by atoms with E-state index in [4.69, 9.17) is 11.6 Å². The fourth-order valence-corrected chi connectivity index (χ4v) is 2.11. The van der Waals surface area contributed by atoms with Crippen molar-refractivity contribution >= 4 is 41.4 Å². The van der Waals surface area contributed by atoms with Crippen molar-refractivity contribution in [3.05, 3.63) is 28.8 Å². The van der Waals surface area contributed by atoms with Crippen LogP contribution in [-0.4, -0.2) is 37.2 Å². The molecule has 1 aromatic rings. The fraction of sp³-hybridized carbons (Fsp3) is 0.231. The highest BCUT2D eigenvalue weighted by molar-refractivity contribution is 6.34. The highest BCUT2D eigenvalue weighted by Gasteiger charge is 2.26. The third-order valence-corrected chi connectivity index (χ3v) is 3.22. The zero-order valence-corrected chi connectivity index (χ0v) is 11.6. The number of carbonyl (C=O) groups excluding carboxylic acids is 4. The van der Waals surface area contributed by atoms with Gasteiger partial charge < -0.3 is 10.1 Å². The van der Waals surface area contributed by atoms with Gasteiger partial charge in [-0.1, -0.05) is 11.6 Å². The molecule has 0 unspecified atom stereocenters. The van der Waals surface area contributed by atoms with Crippen LogP contribution in [0.1, 0.15) is 16.8 Å².